The quantitative estimate of drug-likeness (QED) is 0.715. The second kappa shape index (κ2) is 6.34. The standard InChI is InChI=1S/C14H22O3S/c1-4-14(5-2,18(15,16)17-6-3)12-13-10-8-7-9-11-13/h7-11H,4-6,12H2,1-3H3. The van der Waals surface area contributed by atoms with Crippen LogP contribution in [0.3, 0.4) is 0 Å². The molecule has 0 heterocycles. The molecule has 102 valence electrons. The minimum Gasteiger partial charge on any atom is -0.270 e. The molecule has 0 radical (unpaired) electrons. The smallest absolute Gasteiger partial charge is 0.270 e. The summed E-state index contributed by atoms with van der Waals surface area (Å²) in [6, 6.07) is 9.71. The molecule has 0 aliphatic heterocycles. The van der Waals surface area contributed by atoms with Gasteiger partial charge in [0.05, 0.1) is 6.61 Å². The normalized spacial score (nSPS) is 12.6. The van der Waals surface area contributed by atoms with E-state index in [2.05, 4.69) is 0 Å². The average molecular weight is 270 g/mol. The molecule has 0 atom stereocenters. The molecule has 18 heavy (non-hydrogen) atoms. The summed E-state index contributed by atoms with van der Waals surface area (Å²) < 4.78 is 28.8. The molecule has 1 aromatic rings. The van der Waals surface area contributed by atoms with Gasteiger partial charge in [-0.05, 0) is 31.7 Å². The van der Waals surface area contributed by atoms with Gasteiger partial charge in [0.25, 0.3) is 10.1 Å². The van der Waals surface area contributed by atoms with E-state index in [9.17, 15) is 8.42 Å². The first-order chi connectivity index (χ1) is 8.51. The van der Waals surface area contributed by atoms with Gasteiger partial charge in [0.15, 0.2) is 0 Å². The maximum Gasteiger partial charge on any atom is 0.273 e. The lowest BCUT2D eigenvalue weighted by atomic mass is 9.93. The van der Waals surface area contributed by atoms with Crippen LogP contribution in [0.5, 0.6) is 0 Å². The Morgan fingerprint density at radius 3 is 2.06 bits per heavy atom. The van der Waals surface area contributed by atoms with Gasteiger partial charge in [-0.25, -0.2) is 0 Å². The van der Waals surface area contributed by atoms with E-state index in [4.69, 9.17) is 4.18 Å². The highest BCUT2D eigenvalue weighted by molar-refractivity contribution is 7.88. The Labute approximate surface area is 110 Å². The Morgan fingerprint density at radius 2 is 1.61 bits per heavy atom. The van der Waals surface area contributed by atoms with Crippen LogP contribution in [0.15, 0.2) is 30.3 Å². The predicted molar refractivity (Wildman–Crippen MR) is 74.0 cm³/mol. The first-order valence-corrected chi connectivity index (χ1v) is 7.85. The summed E-state index contributed by atoms with van der Waals surface area (Å²) in [6.07, 6.45) is 1.62. The highest BCUT2D eigenvalue weighted by atomic mass is 32.2. The molecule has 0 spiro atoms. The number of hydrogen-bond donors (Lipinski definition) is 0. The van der Waals surface area contributed by atoms with Gasteiger partial charge in [-0.1, -0.05) is 44.2 Å². The Balaban J connectivity index is 3.08. The van der Waals surface area contributed by atoms with E-state index in [1.807, 2.05) is 44.2 Å². The van der Waals surface area contributed by atoms with Crippen molar-refractivity contribution in [1.82, 2.24) is 0 Å². The van der Waals surface area contributed by atoms with E-state index in [1.165, 1.54) is 0 Å². The maximum absolute atomic E-state index is 12.3. The summed E-state index contributed by atoms with van der Waals surface area (Å²) in [5, 5.41) is 0. The Morgan fingerprint density at radius 1 is 1.06 bits per heavy atom. The van der Waals surface area contributed by atoms with Crippen LogP contribution in [-0.4, -0.2) is 19.8 Å². The monoisotopic (exact) mass is 270 g/mol. The Hall–Kier alpha value is -0.870. The van der Waals surface area contributed by atoms with E-state index in [1.54, 1.807) is 6.92 Å². The van der Waals surface area contributed by atoms with E-state index in [0.717, 1.165) is 5.56 Å². The number of rotatable bonds is 7. The fraction of sp³-hybridized carbons (Fsp3) is 0.571. The van der Waals surface area contributed by atoms with Crippen LogP contribution in [-0.2, 0) is 20.7 Å². The van der Waals surface area contributed by atoms with E-state index < -0.39 is 14.9 Å². The highest BCUT2D eigenvalue weighted by Gasteiger charge is 2.41. The van der Waals surface area contributed by atoms with Gasteiger partial charge in [0.2, 0.25) is 0 Å². The number of hydrogen-bond acceptors (Lipinski definition) is 3. The zero-order valence-corrected chi connectivity index (χ0v) is 12.2. The summed E-state index contributed by atoms with van der Waals surface area (Å²) in [7, 11) is -3.53. The van der Waals surface area contributed by atoms with Crippen LogP contribution in [0, 0.1) is 0 Å². The molecule has 0 bridgehead atoms. The zero-order valence-electron chi connectivity index (χ0n) is 11.3. The van der Waals surface area contributed by atoms with Crippen molar-refractivity contribution in [2.45, 2.75) is 44.8 Å². The Bertz CT molecular complexity index is 447. The second-order valence-electron chi connectivity index (χ2n) is 4.41. The van der Waals surface area contributed by atoms with Crippen molar-refractivity contribution in [3.63, 3.8) is 0 Å². The summed E-state index contributed by atoms with van der Waals surface area (Å²) in [4.78, 5) is 0. The first-order valence-electron chi connectivity index (χ1n) is 6.44. The van der Waals surface area contributed by atoms with Crippen LogP contribution in [0.2, 0.25) is 0 Å². The fourth-order valence-corrected chi connectivity index (χ4v) is 3.80. The van der Waals surface area contributed by atoms with Gasteiger partial charge in [-0.3, -0.25) is 4.18 Å². The Kier molecular flexibility index (Phi) is 5.35. The van der Waals surface area contributed by atoms with Crippen LogP contribution >= 0.6 is 0 Å². The molecule has 0 fully saturated rings. The summed E-state index contributed by atoms with van der Waals surface area (Å²) in [5.74, 6) is 0. The van der Waals surface area contributed by atoms with Crippen molar-refractivity contribution in [1.29, 1.82) is 0 Å². The first kappa shape index (κ1) is 15.2. The molecule has 0 aliphatic rings. The lowest BCUT2D eigenvalue weighted by molar-refractivity contribution is 0.305. The third-order valence-corrected chi connectivity index (χ3v) is 5.79. The zero-order chi connectivity index (χ0) is 13.6. The maximum atomic E-state index is 12.3. The molecule has 1 aromatic carbocycles. The largest absolute Gasteiger partial charge is 0.273 e. The molecule has 0 N–H and O–H groups in total. The van der Waals surface area contributed by atoms with Crippen molar-refractivity contribution >= 4 is 10.1 Å². The molecule has 1 rings (SSSR count). The molecule has 0 unspecified atom stereocenters. The van der Waals surface area contributed by atoms with Crippen molar-refractivity contribution in [2.24, 2.45) is 0 Å². The summed E-state index contributed by atoms with van der Waals surface area (Å²) in [5.41, 5.74) is 1.03. The highest BCUT2D eigenvalue weighted by Crippen LogP contribution is 2.31. The SMILES string of the molecule is CCOS(=O)(=O)C(CC)(CC)Cc1ccccc1. The summed E-state index contributed by atoms with van der Waals surface area (Å²) in [6.45, 7) is 5.71. The molecule has 4 heteroatoms. The average Bonchev–Trinajstić information content (AvgIpc) is 2.37. The molecule has 0 aliphatic carbocycles. The lowest BCUT2D eigenvalue weighted by Crippen LogP contribution is -2.41. The van der Waals surface area contributed by atoms with Crippen LogP contribution in [0.1, 0.15) is 39.2 Å². The van der Waals surface area contributed by atoms with Crippen LogP contribution < -0.4 is 0 Å². The molecular formula is C14H22O3S. The van der Waals surface area contributed by atoms with Crippen molar-refractivity contribution in [3.8, 4) is 0 Å². The van der Waals surface area contributed by atoms with Crippen LogP contribution in [0.25, 0.3) is 0 Å². The van der Waals surface area contributed by atoms with Gasteiger partial charge >= 0.3 is 0 Å². The van der Waals surface area contributed by atoms with E-state index >= 15 is 0 Å². The van der Waals surface area contributed by atoms with Gasteiger partial charge in [0.1, 0.15) is 4.75 Å². The minimum atomic E-state index is -3.53. The van der Waals surface area contributed by atoms with Gasteiger partial charge in [-0.15, -0.1) is 0 Å². The molecule has 0 saturated carbocycles. The van der Waals surface area contributed by atoms with Crippen molar-refractivity contribution in [2.75, 3.05) is 6.61 Å². The van der Waals surface area contributed by atoms with E-state index in [0.29, 0.717) is 19.3 Å². The fourth-order valence-electron chi connectivity index (χ4n) is 2.19. The molecule has 0 saturated heterocycles. The third-order valence-electron chi connectivity index (χ3n) is 3.46. The van der Waals surface area contributed by atoms with Gasteiger partial charge in [-0.2, -0.15) is 8.42 Å². The predicted octanol–water partition coefficient (Wildman–Crippen LogP) is 3.15. The molecule has 0 aromatic heterocycles. The van der Waals surface area contributed by atoms with E-state index in [-0.39, 0.29) is 6.61 Å². The third kappa shape index (κ3) is 3.12. The van der Waals surface area contributed by atoms with Crippen molar-refractivity contribution in [3.05, 3.63) is 35.9 Å². The van der Waals surface area contributed by atoms with Gasteiger partial charge < -0.3 is 0 Å². The summed E-state index contributed by atoms with van der Waals surface area (Å²) >= 11 is 0. The molecular weight excluding hydrogens is 248 g/mol. The second-order valence-corrected chi connectivity index (χ2v) is 6.42. The number of benzene rings is 1. The van der Waals surface area contributed by atoms with Gasteiger partial charge in [0, 0.05) is 0 Å². The topological polar surface area (TPSA) is 43.4 Å². The van der Waals surface area contributed by atoms with Crippen molar-refractivity contribution < 1.29 is 12.6 Å². The lowest BCUT2D eigenvalue weighted by Gasteiger charge is -2.30. The van der Waals surface area contributed by atoms with Crippen LogP contribution in [0.4, 0.5) is 0 Å². The molecule has 3 nitrogen and oxygen atoms in total. The molecule has 0 amide bonds. The minimum absolute atomic E-state index is 0.193.